The summed E-state index contributed by atoms with van der Waals surface area (Å²) in [6.45, 7) is 3.37. The summed E-state index contributed by atoms with van der Waals surface area (Å²) in [5, 5.41) is 0. The Bertz CT molecular complexity index is 631. The molecule has 1 aromatic rings. The van der Waals surface area contributed by atoms with Crippen LogP contribution in [0.2, 0.25) is 0 Å². The Kier molecular flexibility index (Phi) is 6.44. The Morgan fingerprint density at radius 1 is 1.30 bits per heavy atom. The highest BCUT2D eigenvalue weighted by Gasteiger charge is 2.31. The summed E-state index contributed by atoms with van der Waals surface area (Å²) in [4.78, 5) is 14.6. The number of benzene rings is 1. The third-order valence-corrected chi connectivity index (χ3v) is 4.56. The van der Waals surface area contributed by atoms with Crippen molar-refractivity contribution in [2.24, 2.45) is 0 Å². The molecule has 1 fully saturated rings. The first-order valence-corrected chi connectivity index (χ1v) is 8.38. The molecule has 5 nitrogen and oxygen atoms in total. The minimum Gasteiger partial charge on any atom is -0.493 e. The van der Waals surface area contributed by atoms with E-state index in [4.69, 9.17) is 26.4 Å². The third-order valence-electron chi connectivity index (χ3n) is 3.18. The van der Waals surface area contributed by atoms with Crippen molar-refractivity contribution in [2.75, 3.05) is 34.0 Å². The number of hydrogen-bond donors (Lipinski definition) is 0. The predicted octanol–water partition coefficient (Wildman–Crippen LogP) is 2.94. The molecule has 7 heteroatoms. The van der Waals surface area contributed by atoms with E-state index in [1.54, 1.807) is 19.1 Å². The number of thiocarbonyl (C=S) groups is 1. The van der Waals surface area contributed by atoms with Crippen LogP contribution in [-0.2, 0) is 9.53 Å². The molecule has 0 bridgehead atoms. The van der Waals surface area contributed by atoms with Crippen molar-refractivity contribution in [3.05, 3.63) is 28.7 Å². The van der Waals surface area contributed by atoms with E-state index in [1.807, 2.05) is 31.2 Å². The summed E-state index contributed by atoms with van der Waals surface area (Å²) < 4.78 is 16.4. The smallest absolute Gasteiger partial charge is 0.266 e. The summed E-state index contributed by atoms with van der Waals surface area (Å²) in [5.74, 6) is 1.22. The van der Waals surface area contributed by atoms with Gasteiger partial charge in [-0.15, -0.1) is 0 Å². The molecule has 1 amide bonds. The van der Waals surface area contributed by atoms with Crippen LogP contribution >= 0.6 is 24.0 Å². The standard InChI is InChI=1S/C16H19NO4S2/c1-4-21-13-9-11(5-6-12(13)20-3)10-14-15(18)17(7-8-19-2)16(22)23-14/h5-6,9-10H,4,7-8H2,1-3H3/b14-10-. The molecule has 23 heavy (non-hydrogen) atoms. The zero-order chi connectivity index (χ0) is 16.8. The second-order valence-electron chi connectivity index (χ2n) is 4.67. The number of methoxy groups -OCH3 is 2. The molecule has 1 saturated heterocycles. The van der Waals surface area contributed by atoms with E-state index in [1.165, 1.54) is 11.8 Å². The number of hydrogen-bond acceptors (Lipinski definition) is 6. The molecule has 1 aromatic carbocycles. The number of carbonyl (C=O) groups is 1. The Hall–Kier alpha value is -1.57. The lowest BCUT2D eigenvalue weighted by atomic mass is 10.2. The summed E-state index contributed by atoms with van der Waals surface area (Å²) >= 11 is 6.56. The third kappa shape index (κ3) is 4.25. The van der Waals surface area contributed by atoms with E-state index in [9.17, 15) is 4.79 Å². The van der Waals surface area contributed by atoms with Crippen LogP contribution < -0.4 is 9.47 Å². The van der Waals surface area contributed by atoms with Gasteiger partial charge in [-0.25, -0.2) is 0 Å². The minimum atomic E-state index is -0.0918. The fourth-order valence-corrected chi connectivity index (χ4v) is 3.39. The molecule has 0 aromatic heterocycles. The average Bonchev–Trinajstić information content (AvgIpc) is 2.80. The summed E-state index contributed by atoms with van der Waals surface area (Å²) in [6.07, 6.45) is 1.81. The lowest BCUT2D eigenvalue weighted by Crippen LogP contribution is -2.31. The molecule has 0 aliphatic carbocycles. The van der Waals surface area contributed by atoms with Crippen molar-refractivity contribution in [2.45, 2.75) is 6.92 Å². The maximum absolute atomic E-state index is 12.4. The van der Waals surface area contributed by atoms with Gasteiger partial charge in [0.05, 0.1) is 31.8 Å². The van der Waals surface area contributed by atoms with Gasteiger partial charge in [0.15, 0.2) is 11.5 Å². The molecule has 0 radical (unpaired) electrons. The van der Waals surface area contributed by atoms with E-state index < -0.39 is 0 Å². The van der Waals surface area contributed by atoms with Crippen LogP contribution in [0.1, 0.15) is 12.5 Å². The van der Waals surface area contributed by atoms with Crippen molar-refractivity contribution >= 4 is 40.3 Å². The van der Waals surface area contributed by atoms with E-state index >= 15 is 0 Å². The summed E-state index contributed by atoms with van der Waals surface area (Å²) in [7, 11) is 3.19. The molecule has 1 heterocycles. The molecule has 1 aliphatic heterocycles. The Balaban J connectivity index is 2.23. The number of nitrogens with zero attached hydrogens (tertiary/aromatic N) is 1. The summed E-state index contributed by atoms with van der Waals surface area (Å²) in [5.41, 5.74) is 0.862. The number of ether oxygens (including phenoxy) is 3. The molecule has 0 spiro atoms. The first-order chi connectivity index (χ1) is 11.1. The number of amides is 1. The zero-order valence-corrected chi connectivity index (χ0v) is 15.0. The van der Waals surface area contributed by atoms with Crippen molar-refractivity contribution in [1.29, 1.82) is 0 Å². The lowest BCUT2D eigenvalue weighted by molar-refractivity contribution is -0.122. The van der Waals surface area contributed by atoms with Crippen molar-refractivity contribution in [1.82, 2.24) is 4.90 Å². The van der Waals surface area contributed by atoms with Crippen LogP contribution in [-0.4, -0.2) is 49.1 Å². The van der Waals surface area contributed by atoms with Gasteiger partial charge >= 0.3 is 0 Å². The fraction of sp³-hybridized carbons (Fsp3) is 0.375. The predicted molar refractivity (Wildman–Crippen MR) is 95.9 cm³/mol. The Labute approximate surface area is 145 Å². The van der Waals surface area contributed by atoms with Gasteiger partial charge in [-0.2, -0.15) is 0 Å². The Morgan fingerprint density at radius 2 is 2.09 bits per heavy atom. The first-order valence-electron chi connectivity index (χ1n) is 7.15. The van der Waals surface area contributed by atoms with Gasteiger partial charge in [0, 0.05) is 7.11 Å². The highest BCUT2D eigenvalue weighted by atomic mass is 32.2. The van der Waals surface area contributed by atoms with Crippen molar-refractivity contribution in [3.63, 3.8) is 0 Å². The molecule has 0 unspecified atom stereocenters. The number of thioether (sulfide) groups is 1. The average molecular weight is 353 g/mol. The largest absolute Gasteiger partial charge is 0.493 e. The van der Waals surface area contributed by atoms with Crippen LogP contribution in [0.4, 0.5) is 0 Å². The molecule has 0 atom stereocenters. The molecule has 124 valence electrons. The van der Waals surface area contributed by atoms with Crippen LogP contribution in [0.3, 0.4) is 0 Å². The second-order valence-corrected chi connectivity index (χ2v) is 6.35. The minimum absolute atomic E-state index is 0.0918. The quantitative estimate of drug-likeness (QED) is 0.555. The highest BCUT2D eigenvalue weighted by molar-refractivity contribution is 8.26. The number of carbonyl (C=O) groups excluding carboxylic acids is 1. The van der Waals surface area contributed by atoms with E-state index in [-0.39, 0.29) is 5.91 Å². The SMILES string of the molecule is CCOc1cc(/C=C2\SC(=S)N(CCOC)C2=O)ccc1OC. The van der Waals surface area contributed by atoms with Gasteiger partial charge < -0.3 is 14.2 Å². The maximum Gasteiger partial charge on any atom is 0.266 e. The van der Waals surface area contributed by atoms with E-state index in [0.717, 1.165) is 5.56 Å². The maximum atomic E-state index is 12.4. The highest BCUT2D eigenvalue weighted by Crippen LogP contribution is 2.34. The zero-order valence-electron chi connectivity index (χ0n) is 13.3. The molecule has 0 saturated carbocycles. The van der Waals surface area contributed by atoms with E-state index in [2.05, 4.69) is 0 Å². The van der Waals surface area contributed by atoms with Crippen LogP contribution in [0.15, 0.2) is 23.1 Å². The molecular weight excluding hydrogens is 334 g/mol. The van der Waals surface area contributed by atoms with E-state index in [0.29, 0.717) is 40.5 Å². The topological polar surface area (TPSA) is 48.0 Å². The van der Waals surface area contributed by atoms with Crippen LogP contribution in [0.25, 0.3) is 6.08 Å². The van der Waals surface area contributed by atoms with Gasteiger partial charge in [0.25, 0.3) is 5.91 Å². The normalized spacial score (nSPS) is 16.3. The molecule has 2 rings (SSSR count). The molecular formula is C16H19NO4S2. The number of rotatable bonds is 7. The van der Waals surface area contributed by atoms with Crippen LogP contribution in [0.5, 0.6) is 11.5 Å². The van der Waals surface area contributed by atoms with Crippen LogP contribution in [0, 0.1) is 0 Å². The molecule has 1 aliphatic rings. The van der Waals surface area contributed by atoms with Gasteiger partial charge in [0.2, 0.25) is 0 Å². The lowest BCUT2D eigenvalue weighted by Gasteiger charge is -2.13. The molecule has 0 N–H and O–H groups in total. The Morgan fingerprint density at radius 3 is 2.74 bits per heavy atom. The van der Waals surface area contributed by atoms with Crippen molar-refractivity contribution in [3.8, 4) is 11.5 Å². The monoisotopic (exact) mass is 353 g/mol. The summed E-state index contributed by atoms with van der Waals surface area (Å²) in [6, 6.07) is 5.55. The van der Waals surface area contributed by atoms with Gasteiger partial charge in [-0.05, 0) is 30.7 Å². The van der Waals surface area contributed by atoms with Gasteiger partial charge in [0.1, 0.15) is 4.32 Å². The van der Waals surface area contributed by atoms with Gasteiger partial charge in [-0.3, -0.25) is 9.69 Å². The second kappa shape index (κ2) is 8.33. The van der Waals surface area contributed by atoms with Crippen molar-refractivity contribution < 1.29 is 19.0 Å². The van der Waals surface area contributed by atoms with Gasteiger partial charge in [-0.1, -0.05) is 30.0 Å². The fourth-order valence-electron chi connectivity index (χ4n) is 2.08. The first kappa shape index (κ1) is 17.8.